The van der Waals surface area contributed by atoms with Crippen molar-refractivity contribution in [2.75, 3.05) is 20.0 Å². The quantitative estimate of drug-likeness (QED) is 0.430. The Kier molecular flexibility index (Phi) is 7.54. The summed E-state index contributed by atoms with van der Waals surface area (Å²) in [5, 5.41) is -0.208. The van der Waals surface area contributed by atoms with E-state index in [0.717, 1.165) is 43.2 Å². The van der Waals surface area contributed by atoms with Gasteiger partial charge in [-0.15, -0.1) is 0 Å². The third kappa shape index (κ3) is 5.50. The lowest BCUT2D eigenvalue weighted by atomic mass is 9.95. The van der Waals surface area contributed by atoms with Crippen LogP contribution < -0.4 is 0 Å². The number of pyridine rings is 1. The van der Waals surface area contributed by atoms with Crippen molar-refractivity contribution in [1.82, 2.24) is 14.5 Å². The zero-order valence-electron chi connectivity index (χ0n) is 20.6. The number of hydrogen-bond acceptors (Lipinski definition) is 7. The molecule has 0 bridgehead atoms. The number of benzene rings is 1. The largest absolute Gasteiger partial charge is 0.385 e. The van der Waals surface area contributed by atoms with Crippen LogP contribution in [0, 0.1) is 5.92 Å². The monoisotopic (exact) mass is 507 g/mol. The minimum atomic E-state index is -3.94. The molecular weight excluding hydrogens is 474 g/mol. The van der Waals surface area contributed by atoms with Gasteiger partial charge in [-0.3, -0.25) is 0 Å². The van der Waals surface area contributed by atoms with E-state index >= 15 is 0 Å². The summed E-state index contributed by atoms with van der Waals surface area (Å²) >= 11 is 0. The number of aromatic nitrogens is 3. The van der Waals surface area contributed by atoms with Gasteiger partial charge in [0, 0.05) is 38.1 Å². The Labute approximate surface area is 202 Å². The van der Waals surface area contributed by atoms with Crippen molar-refractivity contribution in [3.63, 3.8) is 0 Å². The minimum absolute atomic E-state index is 0.0329. The van der Waals surface area contributed by atoms with E-state index in [1.165, 1.54) is 12.1 Å². The number of ether oxygens (including phenoxy) is 1. The molecule has 0 fully saturated rings. The van der Waals surface area contributed by atoms with Gasteiger partial charge in [0.25, 0.3) is 0 Å². The molecule has 1 aromatic carbocycles. The highest BCUT2D eigenvalue weighted by molar-refractivity contribution is 7.91. The van der Waals surface area contributed by atoms with E-state index in [2.05, 4.69) is 37.2 Å². The van der Waals surface area contributed by atoms with Crippen LogP contribution in [-0.2, 0) is 36.4 Å². The Bertz CT molecular complexity index is 1370. The normalized spacial score (nSPS) is 13.9. The Morgan fingerprint density at radius 3 is 2.26 bits per heavy atom. The summed E-state index contributed by atoms with van der Waals surface area (Å²) in [5.74, 6) is 1.29. The second-order valence-corrected chi connectivity index (χ2v) is 13.5. The van der Waals surface area contributed by atoms with Crippen LogP contribution in [0.5, 0.6) is 0 Å². The molecule has 0 radical (unpaired) electrons. The summed E-state index contributed by atoms with van der Waals surface area (Å²) in [6.07, 6.45) is 4.04. The van der Waals surface area contributed by atoms with Crippen LogP contribution in [0.1, 0.15) is 46.4 Å². The van der Waals surface area contributed by atoms with Crippen molar-refractivity contribution in [2.45, 2.75) is 67.3 Å². The second-order valence-electron chi connectivity index (χ2n) is 9.61. The van der Waals surface area contributed by atoms with Crippen LogP contribution in [0.2, 0.25) is 0 Å². The van der Waals surface area contributed by atoms with Gasteiger partial charge in [-0.25, -0.2) is 26.8 Å². The molecule has 0 saturated heterocycles. The molecular formula is C24H33N3O5S2. The van der Waals surface area contributed by atoms with Crippen LogP contribution in [0.3, 0.4) is 0 Å². The van der Waals surface area contributed by atoms with Crippen LogP contribution in [0.25, 0.3) is 11.0 Å². The van der Waals surface area contributed by atoms with Gasteiger partial charge in [-0.1, -0.05) is 34.1 Å². The molecule has 0 aliphatic heterocycles. The molecule has 1 unspecified atom stereocenters. The van der Waals surface area contributed by atoms with Crippen molar-refractivity contribution in [1.29, 1.82) is 0 Å². The average molecular weight is 508 g/mol. The third-order valence-corrected chi connectivity index (χ3v) is 8.63. The van der Waals surface area contributed by atoms with E-state index in [9.17, 15) is 16.8 Å². The minimum Gasteiger partial charge on any atom is -0.385 e. The molecule has 0 spiro atoms. The smallest absolute Gasteiger partial charge is 0.223 e. The molecule has 34 heavy (non-hydrogen) atoms. The predicted octanol–water partition coefficient (Wildman–Crippen LogP) is 4.03. The molecule has 0 amide bonds. The summed E-state index contributed by atoms with van der Waals surface area (Å²) < 4.78 is 57.2. The van der Waals surface area contributed by atoms with Crippen LogP contribution >= 0.6 is 0 Å². The van der Waals surface area contributed by atoms with E-state index in [0.29, 0.717) is 18.0 Å². The highest BCUT2D eigenvalue weighted by Gasteiger charge is 2.26. The fourth-order valence-corrected chi connectivity index (χ4v) is 5.62. The number of nitrogens with zero attached hydrogens (tertiary/aromatic N) is 3. The van der Waals surface area contributed by atoms with E-state index in [1.54, 1.807) is 25.3 Å². The lowest BCUT2D eigenvalue weighted by molar-refractivity contribution is 0.171. The molecule has 1 atom stereocenters. The van der Waals surface area contributed by atoms with Crippen molar-refractivity contribution in [2.24, 2.45) is 5.92 Å². The Balaban J connectivity index is 2.07. The van der Waals surface area contributed by atoms with Gasteiger partial charge in [0.1, 0.15) is 5.82 Å². The summed E-state index contributed by atoms with van der Waals surface area (Å²) in [5.41, 5.74) is 1.24. The maximum atomic E-state index is 13.2. The number of sulfone groups is 2. The first kappa shape index (κ1) is 26.3. The van der Waals surface area contributed by atoms with Crippen molar-refractivity contribution >= 4 is 30.7 Å². The van der Waals surface area contributed by atoms with Crippen molar-refractivity contribution in [3.8, 4) is 0 Å². The van der Waals surface area contributed by atoms with E-state index in [1.807, 2.05) is 0 Å². The first-order valence-corrected chi connectivity index (χ1v) is 14.6. The van der Waals surface area contributed by atoms with Gasteiger partial charge in [-0.2, -0.15) is 0 Å². The molecule has 8 nitrogen and oxygen atoms in total. The standard InChI is InChI=1S/C24H33N3O5S2/c1-7-17(12-13-32-5)16-27-21-10-8-18(14-20(21)26-23(27)24(2,3)4)34(30,31)22-11-9-19(15-25-22)33(6,28)29/h8-11,14-15,17H,7,12-13,16H2,1-6H3. The fourth-order valence-electron chi connectivity index (χ4n) is 3.87. The number of fused-ring (bicyclic) bond motifs is 1. The molecule has 3 aromatic rings. The molecule has 0 aliphatic rings. The number of methoxy groups -OCH3 is 1. The first-order chi connectivity index (χ1) is 15.8. The van der Waals surface area contributed by atoms with Gasteiger partial charge >= 0.3 is 0 Å². The highest BCUT2D eigenvalue weighted by atomic mass is 32.2. The molecule has 10 heteroatoms. The van der Waals surface area contributed by atoms with Gasteiger partial charge in [0.05, 0.1) is 20.8 Å². The number of imidazole rings is 1. The Hall–Kier alpha value is -2.30. The Morgan fingerprint density at radius 1 is 1.06 bits per heavy atom. The fraction of sp³-hybridized carbons (Fsp3) is 0.500. The topological polar surface area (TPSA) is 108 Å². The van der Waals surface area contributed by atoms with Crippen LogP contribution in [0.4, 0.5) is 0 Å². The predicted molar refractivity (Wildman–Crippen MR) is 132 cm³/mol. The molecule has 186 valence electrons. The molecule has 2 aromatic heterocycles. The molecule has 0 aliphatic carbocycles. The maximum Gasteiger partial charge on any atom is 0.223 e. The number of hydrogen-bond donors (Lipinski definition) is 0. The van der Waals surface area contributed by atoms with Gasteiger partial charge in [-0.05, 0) is 42.7 Å². The average Bonchev–Trinajstić information content (AvgIpc) is 3.14. The maximum absolute atomic E-state index is 13.2. The van der Waals surface area contributed by atoms with Gasteiger partial charge < -0.3 is 9.30 Å². The number of rotatable bonds is 9. The Morgan fingerprint density at radius 2 is 1.74 bits per heavy atom. The summed E-state index contributed by atoms with van der Waals surface area (Å²) in [6.45, 7) is 9.87. The molecule has 0 saturated carbocycles. The molecule has 0 N–H and O–H groups in total. The summed E-state index contributed by atoms with van der Waals surface area (Å²) in [4.78, 5) is 8.78. The van der Waals surface area contributed by atoms with E-state index in [-0.39, 0.29) is 20.2 Å². The van der Waals surface area contributed by atoms with Gasteiger partial charge in [0.15, 0.2) is 14.9 Å². The molecule has 2 heterocycles. The van der Waals surface area contributed by atoms with Crippen molar-refractivity contribution in [3.05, 3.63) is 42.4 Å². The first-order valence-electron chi connectivity index (χ1n) is 11.2. The van der Waals surface area contributed by atoms with Crippen LogP contribution in [0.15, 0.2) is 51.3 Å². The lowest BCUT2D eigenvalue weighted by Gasteiger charge is -2.23. The third-order valence-electron chi connectivity index (χ3n) is 5.86. The zero-order valence-corrected chi connectivity index (χ0v) is 22.2. The van der Waals surface area contributed by atoms with Crippen molar-refractivity contribution < 1.29 is 21.6 Å². The second kappa shape index (κ2) is 9.75. The summed E-state index contributed by atoms with van der Waals surface area (Å²) in [7, 11) is -5.71. The van der Waals surface area contributed by atoms with Crippen LogP contribution in [-0.4, -0.2) is 51.3 Å². The lowest BCUT2D eigenvalue weighted by Crippen LogP contribution is -2.22. The van der Waals surface area contributed by atoms with E-state index < -0.39 is 19.7 Å². The zero-order chi connectivity index (χ0) is 25.3. The molecule has 3 rings (SSSR count). The SMILES string of the molecule is CCC(CCOC)Cn1c(C(C)(C)C)nc2cc(S(=O)(=O)c3ccc(S(C)(=O)=O)cn3)ccc21. The highest BCUT2D eigenvalue weighted by Crippen LogP contribution is 2.31. The van der Waals surface area contributed by atoms with Gasteiger partial charge in [0.2, 0.25) is 9.84 Å². The summed E-state index contributed by atoms with van der Waals surface area (Å²) in [6, 6.07) is 7.39. The van der Waals surface area contributed by atoms with E-state index in [4.69, 9.17) is 9.72 Å².